The monoisotopic (exact) mass is 541 g/mol. The van der Waals surface area contributed by atoms with Crippen molar-refractivity contribution < 1.29 is 33.3 Å². The lowest BCUT2D eigenvalue weighted by atomic mass is 10.1. The van der Waals surface area contributed by atoms with Gasteiger partial charge in [0.1, 0.15) is 11.4 Å². The maximum Gasteiger partial charge on any atom is 0.253 e. The van der Waals surface area contributed by atoms with Crippen LogP contribution in [0, 0.1) is 5.92 Å². The Hall–Kier alpha value is -3.07. The number of anilines is 2. The van der Waals surface area contributed by atoms with Crippen molar-refractivity contribution in [1.29, 1.82) is 0 Å². The summed E-state index contributed by atoms with van der Waals surface area (Å²) in [6.45, 7) is 4.61. The molecule has 1 aliphatic heterocycles. The first-order chi connectivity index (χ1) is 18.3. The van der Waals surface area contributed by atoms with Gasteiger partial charge in [-0.25, -0.2) is 0 Å². The molecule has 1 heterocycles. The van der Waals surface area contributed by atoms with Gasteiger partial charge < -0.3 is 45.5 Å². The average Bonchev–Trinajstić information content (AvgIpc) is 3.24. The molecule has 1 aliphatic rings. The van der Waals surface area contributed by atoms with Crippen LogP contribution in [0.1, 0.15) is 19.3 Å². The number of nitrogens with zero attached hydrogens (tertiary/aromatic N) is 1. The van der Waals surface area contributed by atoms with E-state index in [4.69, 9.17) is 24.7 Å². The van der Waals surface area contributed by atoms with Crippen LogP contribution in [0.5, 0.6) is 0 Å². The number of nitrogens with two attached hydrogens (primary N) is 1. The van der Waals surface area contributed by atoms with Gasteiger partial charge >= 0.3 is 0 Å². The Bertz CT molecular complexity index is 964. The van der Waals surface area contributed by atoms with Crippen molar-refractivity contribution in [1.82, 2.24) is 10.2 Å². The van der Waals surface area contributed by atoms with E-state index < -0.39 is 16.8 Å². The van der Waals surface area contributed by atoms with Crippen molar-refractivity contribution in [2.24, 2.45) is 11.7 Å². The highest BCUT2D eigenvalue weighted by Crippen LogP contribution is 2.15. The summed E-state index contributed by atoms with van der Waals surface area (Å²) in [4.78, 5) is 59.1. The summed E-state index contributed by atoms with van der Waals surface area (Å²) in [5, 5.41) is 8.51. The maximum absolute atomic E-state index is 12.0. The first-order valence-electron chi connectivity index (χ1n) is 12.7. The van der Waals surface area contributed by atoms with Gasteiger partial charge in [-0.05, 0) is 6.42 Å². The third-order valence-corrected chi connectivity index (χ3v) is 5.73. The van der Waals surface area contributed by atoms with Gasteiger partial charge in [0.2, 0.25) is 17.7 Å². The quantitative estimate of drug-likeness (QED) is 0.0942. The third-order valence-electron chi connectivity index (χ3n) is 5.73. The summed E-state index contributed by atoms with van der Waals surface area (Å²) in [6, 6.07) is 0. The van der Waals surface area contributed by atoms with Crippen LogP contribution in [-0.2, 0) is 33.3 Å². The Labute approximate surface area is 221 Å². The highest BCUT2D eigenvalue weighted by Gasteiger charge is 2.31. The molecule has 2 rings (SSSR count). The van der Waals surface area contributed by atoms with E-state index in [1.54, 1.807) is 11.9 Å². The molecule has 214 valence electrons. The zero-order valence-corrected chi connectivity index (χ0v) is 21.9. The summed E-state index contributed by atoms with van der Waals surface area (Å²) >= 11 is 0. The van der Waals surface area contributed by atoms with Gasteiger partial charge in [-0.15, -0.1) is 0 Å². The topological polar surface area (TPSA) is 188 Å². The van der Waals surface area contributed by atoms with Crippen LogP contribution in [0.3, 0.4) is 0 Å². The number of primary amides is 1. The molecule has 0 saturated carbocycles. The number of nitrogens with one attached hydrogen (secondary N) is 3. The van der Waals surface area contributed by atoms with Crippen LogP contribution < -0.4 is 32.5 Å². The normalized spacial score (nSPS) is 15.2. The van der Waals surface area contributed by atoms with Crippen LogP contribution in [0.25, 0.3) is 0 Å². The molecule has 1 unspecified atom stereocenters. The minimum Gasteiger partial charge on any atom is -0.380 e. The lowest BCUT2D eigenvalue weighted by molar-refractivity contribution is -0.128. The van der Waals surface area contributed by atoms with Crippen LogP contribution in [-0.4, -0.2) is 109 Å². The van der Waals surface area contributed by atoms with Crippen molar-refractivity contribution in [3.05, 3.63) is 20.4 Å². The van der Waals surface area contributed by atoms with E-state index >= 15 is 0 Å². The average molecular weight is 542 g/mol. The van der Waals surface area contributed by atoms with Crippen molar-refractivity contribution in [3.8, 4) is 0 Å². The minimum atomic E-state index is -0.578. The second-order valence-electron chi connectivity index (χ2n) is 8.75. The predicted molar refractivity (Wildman–Crippen MR) is 139 cm³/mol. The number of carbonyl (C=O) groups excluding carboxylic acids is 3. The standard InChI is InChI=1S/C24H39N5O9/c1-29-16-17(15-19(29)31)24(34)28-6-8-36-10-12-38-14-13-37-11-9-35-7-5-27-21-20(22(32)23(21)33)26-4-2-3-18(25)30/h17,26-27H,2-16H2,1H3,(H2,25,30)(H,28,34). The maximum atomic E-state index is 12.0. The first-order valence-corrected chi connectivity index (χ1v) is 12.7. The number of ether oxygens (including phenoxy) is 4. The Kier molecular flexibility index (Phi) is 14.3. The second kappa shape index (κ2) is 17.4. The van der Waals surface area contributed by atoms with E-state index in [0.717, 1.165) is 0 Å². The molecule has 14 nitrogen and oxygen atoms in total. The Morgan fingerprint density at radius 1 is 0.816 bits per heavy atom. The Balaban J connectivity index is 1.34. The van der Waals surface area contributed by atoms with E-state index in [1.807, 2.05) is 0 Å². The first kappa shape index (κ1) is 31.1. The fraction of sp³-hybridized carbons (Fsp3) is 0.708. The van der Waals surface area contributed by atoms with E-state index in [1.165, 1.54) is 0 Å². The molecular weight excluding hydrogens is 502 g/mol. The van der Waals surface area contributed by atoms with Gasteiger partial charge in [-0.2, -0.15) is 0 Å². The Morgan fingerprint density at radius 2 is 1.32 bits per heavy atom. The molecule has 0 spiro atoms. The lowest BCUT2D eigenvalue weighted by Crippen LogP contribution is -2.38. The number of hydrogen-bond acceptors (Lipinski definition) is 11. The molecule has 0 bridgehead atoms. The van der Waals surface area contributed by atoms with Crippen LogP contribution in [0.2, 0.25) is 0 Å². The highest BCUT2D eigenvalue weighted by atomic mass is 16.6. The van der Waals surface area contributed by atoms with E-state index in [0.29, 0.717) is 85.5 Å². The fourth-order valence-electron chi connectivity index (χ4n) is 3.64. The smallest absolute Gasteiger partial charge is 0.253 e. The van der Waals surface area contributed by atoms with Crippen molar-refractivity contribution >= 4 is 29.1 Å². The molecule has 1 aromatic carbocycles. The van der Waals surface area contributed by atoms with E-state index in [9.17, 15) is 24.0 Å². The molecule has 38 heavy (non-hydrogen) atoms. The molecule has 0 radical (unpaired) electrons. The fourth-order valence-corrected chi connectivity index (χ4v) is 3.64. The van der Waals surface area contributed by atoms with Gasteiger partial charge in [0.05, 0.1) is 58.8 Å². The summed E-state index contributed by atoms with van der Waals surface area (Å²) in [5.41, 5.74) is 4.37. The molecule has 1 aromatic rings. The number of carbonyl (C=O) groups is 3. The molecule has 5 N–H and O–H groups in total. The van der Waals surface area contributed by atoms with E-state index in [-0.39, 0.29) is 41.9 Å². The number of rotatable bonds is 22. The lowest BCUT2D eigenvalue weighted by Gasteiger charge is -2.14. The summed E-state index contributed by atoms with van der Waals surface area (Å²) in [5.74, 6) is -0.844. The van der Waals surface area contributed by atoms with Gasteiger partial charge in [-0.1, -0.05) is 0 Å². The summed E-state index contributed by atoms with van der Waals surface area (Å²) in [7, 11) is 1.69. The largest absolute Gasteiger partial charge is 0.380 e. The number of hydrogen-bond donors (Lipinski definition) is 4. The molecule has 14 heteroatoms. The Morgan fingerprint density at radius 3 is 1.82 bits per heavy atom. The molecular formula is C24H39N5O9. The zero-order chi connectivity index (χ0) is 27.8. The molecule has 0 aliphatic carbocycles. The van der Waals surface area contributed by atoms with Gasteiger partial charge in [0.25, 0.3) is 10.9 Å². The van der Waals surface area contributed by atoms with Gasteiger partial charge in [0, 0.05) is 46.1 Å². The minimum absolute atomic E-state index is 0.0117. The van der Waals surface area contributed by atoms with Crippen molar-refractivity contribution in [3.63, 3.8) is 0 Å². The van der Waals surface area contributed by atoms with Crippen LogP contribution >= 0.6 is 0 Å². The zero-order valence-electron chi connectivity index (χ0n) is 21.9. The van der Waals surface area contributed by atoms with Crippen LogP contribution in [0.15, 0.2) is 9.59 Å². The van der Waals surface area contributed by atoms with Crippen molar-refractivity contribution in [2.45, 2.75) is 19.3 Å². The summed E-state index contributed by atoms with van der Waals surface area (Å²) in [6.07, 6.45) is 0.933. The molecule has 0 aromatic heterocycles. The molecule has 1 atom stereocenters. The van der Waals surface area contributed by atoms with Crippen molar-refractivity contribution in [2.75, 3.05) is 96.7 Å². The van der Waals surface area contributed by atoms with E-state index in [2.05, 4.69) is 16.0 Å². The molecule has 1 fully saturated rings. The van der Waals surface area contributed by atoms with Gasteiger partial charge in [0.15, 0.2) is 0 Å². The number of likely N-dealkylation sites (tertiary alicyclic amines) is 1. The molecule has 1 saturated heterocycles. The predicted octanol–water partition coefficient (Wildman–Crippen LogP) is -1.97. The molecule has 3 amide bonds. The summed E-state index contributed by atoms with van der Waals surface area (Å²) < 4.78 is 21.7. The SMILES string of the molecule is CN1CC(C(=O)NCCOCCOCCOCCOCCNc2c(NCCCC(N)=O)c(=O)c2=O)CC1=O. The highest BCUT2D eigenvalue weighted by molar-refractivity contribution is 5.89. The van der Waals surface area contributed by atoms with Gasteiger partial charge in [-0.3, -0.25) is 24.0 Å². The van der Waals surface area contributed by atoms with Crippen LogP contribution in [0.4, 0.5) is 11.4 Å². The third kappa shape index (κ3) is 11.1. The number of amides is 3. The second-order valence-corrected chi connectivity index (χ2v) is 8.75.